The van der Waals surface area contributed by atoms with Gasteiger partial charge in [-0.2, -0.15) is 10.2 Å². The van der Waals surface area contributed by atoms with Crippen LogP contribution in [0.1, 0.15) is 10.4 Å². The lowest BCUT2D eigenvalue weighted by molar-refractivity contribution is 0.0857. The minimum atomic E-state index is -0.135. The summed E-state index contributed by atoms with van der Waals surface area (Å²) in [6, 6.07) is 5.42. The number of fused-ring (bicyclic) bond motifs is 1. The van der Waals surface area contributed by atoms with Crippen LogP contribution in [0.3, 0.4) is 0 Å². The lowest BCUT2D eigenvalue weighted by Gasteiger charge is -2.11. The van der Waals surface area contributed by atoms with Crippen molar-refractivity contribution in [1.29, 1.82) is 0 Å². The first-order valence-electron chi connectivity index (χ1n) is 4.85. The van der Waals surface area contributed by atoms with E-state index in [1.807, 2.05) is 6.07 Å². The average Bonchev–Trinajstić information content (AvgIpc) is 2.27. The van der Waals surface area contributed by atoms with Gasteiger partial charge in [0.25, 0.3) is 5.91 Å². The molecule has 5 heteroatoms. The number of hydrogen-bond acceptors (Lipinski definition) is 4. The van der Waals surface area contributed by atoms with Crippen molar-refractivity contribution >= 4 is 16.7 Å². The Labute approximate surface area is 93.1 Å². The molecule has 0 saturated carbocycles. The van der Waals surface area contributed by atoms with Gasteiger partial charge in [0.1, 0.15) is 0 Å². The highest BCUT2D eigenvalue weighted by Gasteiger charge is 2.06. The SMILES string of the molecule is CN(C)NC(=O)c1ccc2cnncc2c1. The van der Waals surface area contributed by atoms with Crippen molar-refractivity contribution in [2.24, 2.45) is 0 Å². The quantitative estimate of drug-likeness (QED) is 0.756. The Hall–Kier alpha value is -2.01. The first-order valence-corrected chi connectivity index (χ1v) is 4.85. The lowest BCUT2D eigenvalue weighted by Crippen LogP contribution is -2.36. The van der Waals surface area contributed by atoms with Gasteiger partial charge in [0.15, 0.2) is 0 Å². The van der Waals surface area contributed by atoms with Crippen LogP contribution < -0.4 is 5.43 Å². The third-order valence-electron chi connectivity index (χ3n) is 2.13. The molecule has 0 aliphatic rings. The van der Waals surface area contributed by atoms with Crippen LogP contribution in [0, 0.1) is 0 Å². The van der Waals surface area contributed by atoms with Gasteiger partial charge < -0.3 is 0 Å². The summed E-state index contributed by atoms with van der Waals surface area (Å²) in [6.45, 7) is 0. The van der Waals surface area contributed by atoms with E-state index in [9.17, 15) is 4.79 Å². The van der Waals surface area contributed by atoms with E-state index < -0.39 is 0 Å². The van der Waals surface area contributed by atoms with Crippen molar-refractivity contribution < 1.29 is 4.79 Å². The first kappa shape index (κ1) is 10.5. The molecule has 1 aromatic carbocycles. The van der Waals surface area contributed by atoms with Crippen LogP contribution in [-0.4, -0.2) is 35.2 Å². The molecule has 1 heterocycles. The molecule has 0 atom stereocenters. The third kappa shape index (κ3) is 2.14. The Morgan fingerprint density at radius 1 is 1.19 bits per heavy atom. The number of amides is 1. The molecule has 2 rings (SSSR count). The van der Waals surface area contributed by atoms with E-state index in [1.54, 1.807) is 43.6 Å². The Kier molecular flexibility index (Phi) is 2.78. The lowest BCUT2D eigenvalue weighted by atomic mass is 10.1. The highest BCUT2D eigenvalue weighted by Crippen LogP contribution is 2.13. The number of nitrogens with one attached hydrogen (secondary N) is 1. The Morgan fingerprint density at radius 2 is 1.88 bits per heavy atom. The molecular formula is C11H12N4O. The monoisotopic (exact) mass is 216 g/mol. The number of hydrazine groups is 1. The van der Waals surface area contributed by atoms with Gasteiger partial charge >= 0.3 is 0 Å². The van der Waals surface area contributed by atoms with E-state index in [4.69, 9.17) is 0 Å². The fraction of sp³-hybridized carbons (Fsp3) is 0.182. The van der Waals surface area contributed by atoms with E-state index >= 15 is 0 Å². The van der Waals surface area contributed by atoms with E-state index in [1.165, 1.54) is 0 Å². The number of carbonyl (C=O) groups is 1. The maximum absolute atomic E-state index is 11.7. The molecule has 0 aliphatic carbocycles. The van der Waals surface area contributed by atoms with Gasteiger partial charge in [0.05, 0.1) is 12.4 Å². The predicted octanol–water partition coefficient (Wildman–Crippen LogP) is 0.836. The summed E-state index contributed by atoms with van der Waals surface area (Å²) in [4.78, 5) is 11.7. The van der Waals surface area contributed by atoms with E-state index in [-0.39, 0.29) is 5.91 Å². The van der Waals surface area contributed by atoms with Gasteiger partial charge in [-0.25, -0.2) is 5.01 Å². The fourth-order valence-electron chi connectivity index (χ4n) is 1.40. The minimum absolute atomic E-state index is 0.135. The zero-order valence-electron chi connectivity index (χ0n) is 9.14. The summed E-state index contributed by atoms with van der Waals surface area (Å²) in [7, 11) is 3.54. The number of nitrogens with zero attached hydrogens (tertiary/aromatic N) is 3. The summed E-state index contributed by atoms with van der Waals surface area (Å²) >= 11 is 0. The molecule has 2 aromatic rings. The van der Waals surface area contributed by atoms with Gasteiger partial charge in [-0.05, 0) is 12.1 Å². The number of hydrogen-bond donors (Lipinski definition) is 1. The standard InChI is InChI=1S/C11H12N4O/c1-15(2)14-11(16)8-3-4-9-6-12-13-7-10(9)5-8/h3-7H,1-2H3,(H,14,16). The van der Waals surface area contributed by atoms with E-state index in [0.717, 1.165) is 10.8 Å². The van der Waals surface area contributed by atoms with Gasteiger partial charge in [0, 0.05) is 30.4 Å². The molecule has 0 radical (unpaired) electrons. The highest BCUT2D eigenvalue weighted by atomic mass is 16.2. The Balaban J connectivity index is 2.35. The second-order valence-electron chi connectivity index (χ2n) is 3.67. The zero-order chi connectivity index (χ0) is 11.5. The number of rotatable bonds is 2. The summed E-state index contributed by atoms with van der Waals surface area (Å²) in [5.74, 6) is -0.135. The number of aromatic nitrogens is 2. The highest BCUT2D eigenvalue weighted by molar-refractivity contribution is 5.97. The van der Waals surface area contributed by atoms with Crippen LogP contribution >= 0.6 is 0 Å². The molecule has 0 bridgehead atoms. The van der Waals surface area contributed by atoms with Crippen molar-refractivity contribution in [3.05, 3.63) is 36.2 Å². The molecule has 0 fully saturated rings. The van der Waals surface area contributed by atoms with Crippen LogP contribution in [0.15, 0.2) is 30.6 Å². The number of carbonyl (C=O) groups excluding carboxylic acids is 1. The topological polar surface area (TPSA) is 58.1 Å². The summed E-state index contributed by atoms with van der Waals surface area (Å²) in [5, 5.41) is 11.0. The normalized spacial score (nSPS) is 10.7. The molecule has 0 unspecified atom stereocenters. The van der Waals surface area contributed by atoms with Crippen molar-refractivity contribution in [3.63, 3.8) is 0 Å². The molecule has 5 nitrogen and oxygen atoms in total. The Bertz CT molecular complexity index is 524. The van der Waals surface area contributed by atoms with E-state index in [2.05, 4.69) is 15.6 Å². The summed E-state index contributed by atoms with van der Waals surface area (Å²) in [5.41, 5.74) is 3.29. The second-order valence-corrected chi connectivity index (χ2v) is 3.67. The van der Waals surface area contributed by atoms with Crippen LogP contribution in [0.4, 0.5) is 0 Å². The molecule has 0 aliphatic heterocycles. The smallest absolute Gasteiger partial charge is 0.265 e. The van der Waals surface area contributed by atoms with Gasteiger partial charge in [-0.3, -0.25) is 10.2 Å². The zero-order valence-corrected chi connectivity index (χ0v) is 9.14. The van der Waals surface area contributed by atoms with Crippen molar-refractivity contribution in [3.8, 4) is 0 Å². The van der Waals surface area contributed by atoms with Crippen LogP contribution in [0.25, 0.3) is 10.8 Å². The molecule has 1 N–H and O–H groups in total. The summed E-state index contributed by atoms with van der Waals surface area (Å²) < 4.78 is 0. The molecule has 0 spiro atoms. The molecule has 82 valence electrons. The predicted molar refractivity (Wildman–Crippen MR) is 60.7 cm³/mol. The average molecular weight is 216 g/mol. The molecule has 16 heavy (non-hydrogen) atoms. The Morgan fingerprint density at radius 3 is 2.56 bits per heavy atom. The molecular weight excluding hydrogens is 204 g/mol. The second kappa shape index (κ2) is 4.24. The first-order chi connectivity index (χ1) is 7.66. The molecule has 0 saturated heterocycles. The van der Waals surface area contributed by atoms with Crippen LogP contribution in [0.5, 0.6) is 0 Å². The van der Waals surface area contributed by atoms with Crippen LogP contribution in [0.2, 0.25) is 0 Å². The maximum Gasteiger partial charge on any atom is 0.265 e. The van der Waals surface area contributed by atoms with Crippen molar-refractivity contribution in [2.45, 2.75) is 0 Å². The number of benzene rings is 1. The van der Waals surface area contributed by atoms with Gasteiger partial charge in [-0.1, -0.05) is 6.07 Å². The molecule has 1 aromatic heterocycles. The van der Waals surface area contributed by atoms with Gasteiger partial charge in [0.2, 0.25) is 0 Å². The van der Waals surface area contributed by atoms with Gasteiger partial charge in [-0.15, -0.1) is 0 Å². The fourth-order valence-corrected chi connectivity index (χ4v) is 1.40. The largest absolute Gasteiger partial charge is 0.285 e. The third-order valence-corrected chi connectivity index (χ3v) is 2.13. The van der Waals surface area contributed by atoms with Crippen LogP contribution in [-0.2, 0) is 0 Å². The van der Waals surface area contributed by atoms with E-state index in [0.29, 0.717) is 5.56 Å². The minimum Gasteiger partial charge on any atom is -0.285 e. The maximum atomic E-state index is 11.7. The summed E-state index contributed by atoms with van der Waals surface area (Å²) in [6.07, 6.45) is 3.31. The van der Waals surface area contributed by atoms with Crippen molar-refractivity contribution in [1.82, 2.24) is 20.6 Å². The molecule has 1 amide bonds. The van der Waals surface area contributed by atoms with Crippen molar-refractivity contribution in [2.75, 3.05) is 14.1 Å².